The monoisotopic (exact) mass is 110 g/mol. The van der Waals surface area contributed by atoms with Crippen molar-refractivity contribution in [3.05, 3.63) is 0 Å². The van der Waals surface area contributed by atoms with Crippen molar-refractivity contribution in [1.29, 1.82) is 0 Å². The van der Waals surface area contributed by atoms with E-state index in [1.165, 1.54) is 0 Å². The second-order valence-corrected chi connectivity index (χ2v) is 4.18. The molecule has 1 aliphatic rings. The van der Waals surface area contributed by atoms with Gasteiger partial charge >= 0.3 is 9.62 Å². The Labute approximate surface area is 33.0 Å². The van der Waals surface area contributed by atoms with Crippen LogP contribution in [0.25, 0.3) is 0 Å². The van der Waals surface area contributed by atoms with Gasteiger partial charge in [0, 0.05) is 0 Å². The first-order valence-electron chi connectivity index (χ1n) is 1.27. The van der Waals surface area contributed by atoms with E-state index in [1.807, 2.05) is 0 Å². The highest BCUT2D eigenvalue weighted by atomic mass is 28.5. The maximum atomic E-state index is 11.2. The van der Waals surface area contributed by atoms with Gasteiger partial charge in [0.1, 0.15) is 0 Å². The van der Waals surface area contributed by atoms with E-state index < -0.39 is 19.6 Å². The van der Waals surface area contributed by atoms with Crippen molar-refractivity contribution < 1.29 is 12.3 Å². The Morgan fingerprint density at radius 2 is 2.00 bits per heavy atom. The molecule has 0 radical (unpaired) electrons. The van der Waals surface area contributed by atoms with Crippen LogP contribution in [-0.4, -0.2) is 19.6 Å². The minimum absolute atomic E-state index is 0.756. The van der Waals surface area contributed by atoms with Gasteiger partial charge in [0.05, 0.1) is 0 Å². The van der Waals surface area contributed by atoms with E-state index in [0.29, 0.717) is 0 Å². The number of hydrogen-bond donors (Lipinski definition) is 0. The molecular formula is H3FO2Si2. The molecule has 0 aromatic heterocycles. The Balaban J connectivity index is 2.08. The van der Waals surface area contributed by atoms with Crippen molar-refractivity contribution in [3.8, 4) is 0 Å². The quantitative estimate of drug-likeness (QED) is 0.285. The van der Waals surface area contributed by atoms with E-state index >= 15 is 0 Å². The second-order valence-electron chi connectivity index (χ2n) is 0.726. The average molecular weight is 110 g/mol. The van der Waals surface area contributed by atoms with Crippen molar-refractivity contribution in [3.63, 3.8) is 0 Å². The van der Waals surface area contributed by atoms with Crippen LogP contribution in [0.4, 0.5) is 4.11 Å². The average Bonchev–Trinajstić information content (AvgIpc) is 1.30. The van der Waals surface area contributed by atoms with Crippen LogP contribution in [0.5, 0.6) is 0 Å². The van der Waals surface area contributed by atoms with Crippen molar-refractivity contribution in [2.75, 3.05) is 0 Å². The summed E-state index contributed by atoms with van der Waals surface area (Å²) >= 11 is 0. The molecule has 0 N–H and O–H groups in total. The fourth-order valence-electron chi connectivity index (χ4n) is 0.119. The maximum Gasteiger partial charge on any atom is 0.505 e. The van der Waals surface area contributed by atoms with Gasteiger partial charge in [-0.25, -0.2) is 4.11 Å². The van der Waals surface area contributed by atoms with Gasteiger partial charge in [0.15, 0.2) is 0 Å². The van der Waals surface area contributed by atoms with Crippen molar-refractivity contribution in [2.24, 2.45) is 0 Å². The molecule has 0 unspecified atom stereocenters. The van der Waals surface area contributed by atoms with Gasteiger partial charge in [-0.1, -0.05) is 0 Å². The zero-order chi connectivity index (χ0) is 3.70. The molecule has 5 heteroatoms. The second kappa shape index (κ2) is 1.17. The third kappa shape index (κ3) is 0.566. The van der Waals surface area contributed by atoms with Gasteiger partial charge in [-0.05, 0) is 0 Å². The van der Waals surface area contributed by atoms with Crippen LogP contribution in [0.15, 0.2) is 0 Å². The number of halogens is 1. The van der Waals surface area contributed by atoms with E-state index in [9.17, 15) is 4.11 Å². The Hall–Kier alpha value is 0.284. The normalized spacial score (nSPS) is 41.4. The zero-order valence-corrected chi connectivity index (χ0v) is 5.05. The van der Waals surface area contributed by atoms with Crippen LogP contribution < -0.4 is 0 Å². The molecule has 0 amide bonds. The molecule has 1 heterocycles. The van der Waals surface area contributed by atoms with Gasteiger partial charge in [0.2, 0.25) is 0 Å². The Morgan fingerprint density at radius 3 is 2.00 bits per heavy atom. The summed E-state index contributed by atoms with van der Waals surface area (Å²) in [5, 5.41) is 0. The third-order valence-corrected chi connectivity index (χ3v) is 3.58. The topological polar surface area (TPSA) is 18.5 Å². The summed E-state index contributed by atoms with van der Waals surface area (Å²) in [6.07, 6.45) is 0. The van der Waals surface area contributed by atoms with Crippen molar-refractivity contribution >= 4 is 19.6 Å². The Morgan fingerprint density at radius 1 is 1.60 bits per heavy atom. The van der Waals surface area contributed by atoms with E-state index in [-0.39, 0.29) is 0 Å². The molecule has 0 spiro atoms. The van der Waals surface area contributed by atoms with E-state index in [4.69, 9.17) is 0 Å². The summed E-state index contributed by atoms with van der Waals surface area (Å²) in [5.41, 5.74) is 0. The molecule has 1 rings (SSSR count). The van der Waals surface area contributed by atoms with E-state index in [2.05, 4.69) is 8.23 Å². The lowest BCUT2D eigenvalue weighted by molar-refractivity contribution is 0.260. The Bertz CT molecular complexity index is 34.6. The number of rotatable bonds is 0. The first-order chi connectivity index (χ1) is 2.39. The smallest absolute Gasteiger partial charge is 0.398 e. The Kier molecular flexibility index (Phi) is 0.813. The first-order valence-corrected chi connectivity index (χ1v) is 3.80. The van der Waals surface area contributed by atoms with Crippen molar-refractivity contribution in [2.45, 2.75) is 0 Å². The molecule has 5 heavy (non-hydrogen) atoms. The highest BCUT2D eigenvalue weighted by molar-refractivity contribution is 6.59. The lowest BCUT2D eigenvalue weighted by Gasteiger charge is -2.15. The standard InChI is InChI=1S/FH3O2Si2/c1-5-2-4-3-5/h5H,4H2. The summed E-state index contributed by atoms with van der Waals surface area (Å²) in [7, 11) is -3.16. The molecule has 1 aliphatic heterocycles. The van der Waals surface area contributed by atoms with Gasteiger partial charge in [-0.15, -0.1) is 0 Å². The highest BCUT2D eigenvalue weighted by Crippen LogP contribution is 1.97. The van der Waals surface area contributed by atoms with E-state index in [1.54, 1.807) is 0 Å². The van der Waals surface area contributed by atoms with Crippen LogP contribution in [0.2, 0.25) is 0 Å². The zero-order valence-electron chi connectivity index (χ0n) is 2.48. The SMILES string of the molecule is F[SiH]1O[SiH2]O1. The summed E-state index contributed by atoms with van der Waals surface area (Å²) < 4.78 is 19.9. The molecule has 1 saturated heterocycles. The van der Waals surface area contributed by atoms with Crippen molar-refractivity contribution in [1.82, 2.24) is 0 Å². The van der Waals surface area contributed by atoms with Gasteiger partial charge in [-0.3, -0.25) is 0 Å². The molecular weight excluding hydrogens is 107 g/mol. The number of hydrogen-bond acceptors (Lipinski definition) is 2. The van der Waals surface area contributed by atoms with Crippen LogP contribution in [0.1, 0.15) is 0 Å². The first kappa shape index (κ1) is 3.47. The summed E-state index contributed by atoms with van der Waals surface area (Å²) in [6.45, 7) is 0. The molecule has 2 nitrogen and oxygen atoms in total. The minimum Gasteiger partial charge on any atom is -0.398 e. The summed E-state index contributed by atoms with van der Waals surface area (Å²) in [4.78, 5) is 0. The lowest BCUT2D eigenvalue weighted by atomic mass is 15.7. The van der Waals surface area contributed by atoms with Crippen LogP contribution in [0, 0.1) is 0 Å². The van der Waals surface area contributed by atoms with Crippen LogP contribution in [0.3, 0.4) is 0 Å². The highest BCUT2D eigenvalue weighted by Gasteiger charge is 2.20. The summed E-state index contributed by atoms with van der Waals surface area (Å²) in [6, 6.07) is 0. The molecule has 0 atom stereocenters. The lowest BCUT2D eigenvalue weighted by Crippen LogP contribution is -2.34. The fraction of sp³-hybridized carbons (Fsp3) is 0. The molecule has 1 fully saturated rings. The largest absolute Gasteiger partial charge is 0.505 e. The summed E-state index contributed by atoms with van der Waals surface area (Å²) in [5.74, 6) is 0. The molecule has 0 aliphatic carbocycles. The molecule has 0 bridgehead atoms. The minimum atomic E-state index is -2.41. The fourth-order valence-corrected chi connectivity index (χ4v) is 1.08. The van der Waals surface area contributed by atoms with E-state index in [0.717, 1.165) is 0 Å². The predicted molar refractivity (Wildman–Crippen MR) is 19.0 cm³/mol. The molecule has 0 aromatic rings. The van der Waals surface area contributed by atoms with Crippen LogP contribution in [-0.2, 0) is 8.23 Å². The van der Waals surface area contributed by atoms with Gasteiger partial charge in [0.25, 0.3) is 10.0 Å². The van der Waals surface area contributed by atoms with Gasteiger partial charge in [-0.2, -0.15) is 0 Å². The third-order valence-electron chi connectivity index (χ3n) is 0.398. The predicted octanol–water partition coefficient (Wildman–Crippen LogP) is -1.28. The maximum absolute atomic E-state index is 11.2. The van der Waals surface area contributed by atoms with Gasteiger partial charge < -0.3 is 8.23 Å². The van der Waals surface area contributed by atoms with Crippen LogP contribution >= 0.6 is 0 Å². The molecule has 30 valence electrons. The molecule has 0 aromatic carbocycles. The molecule has 0 saturated carbocycles.